The Bertz CT molecular complexity index is 519. The van der Waals surface area contributed by atoms with Crippen molar-refractivity contribution >= 4 is 11.8 Å². The zero-order valence-corrected chi connectivity index (χ0v) is 11.5. The van der Waals surface area contributed by atoms with Crippen molar-refractivity contribution in [3.05, 3.63) is 29.8 Å². The maximum atomic E-state index is 12.4. The number of alkyl halides is 2. The summed E-state index contributed by atoms with van der Waals surface area (Å²) in [6.07, 6.45) is 0.518. The van der Waals surface area contributed by atoms with Crippen LogP contribution in [0, 0.1) is 0 Å². The van der Waals surface area contributed by atoms with E-state index in [0.29, 0.717) is 25.1 Å². The predicted molar refractivity (Wildman–Crippen MR) is 71.2 cm³/mol. The third-order valence-electron chi connectivity index (χ3n) is 3.30. The Hall–Kier alpha value is -2.18. The van der Waals surface area contributed by atoms with Gasteiger partial charge in [-0.05, 0) is 30.7 Å². The van der Waals surface area contributed by atoms with Crippen LogP contribution in [0.4, 0.5) is 8.78 Å². The van der Waals surface area contributed by atoms with Gasteiger partial charge >= 0.3 is 6.61 Å². The lowest BCUT2D eigenvalue weighted by molar-refractivity contribution is -0.127. The van der Waals surface area contributed by atoms with Gasteiger partial charge in [-0.25, -0.2) is 0 Å². The van der Waals surface area contributed by atoms with Gasteiger partial charge in [0.25, 0.3) is 5.91 Å². The van der Waals surface area contributed by atoms with Gasteiger partial charge in [-0.15, -0.1) is 0 Å². The van der Waals surface area contributed by atoms with E-state index in [1.165, 1.54) is 29.2 Å². The number of hydrogen-bond acceptors (Lipinski definition) is 3. The van der Waals surface area contributed by atoms with E-state index in [-0.39, 0.29) is 17.6 Å². The Kier molecular flexibility index (Phi) is 4.72. The van der Waals surface area contributed by atoms with Crippen molar-refractivity contribution in [3.63, 3.8) is 0 Å². The van der Waals surface area contributed by atoms with Gasteiger partial charge in [0.15, 0.2) is 0 Å². The van der Waals surface area contributed by atoms with Crippen molar-refractivity contribution in [3.8, 4) is 5.75 Å². The molecule has 1 aliphatic rings. The van der Waals surface area contributed by atoms with Crippen molar-refractivity contribution in [2.75, 3.05) is 13.1 Å². The lowest BCUT2D eigenvalue weighted by Gasteiger charge is -2.34. The van der Waals surface area contributed by atoms with Crippen molar-refractivity contribution in [2.45, 2.75) is 26.0 Å². The number of carbonyl (C=O) groups excluding carboxylic acids is 2. The van der Waals surface area contributed by atoms with Gasteiger partial charge in [-0.2, -0.15) is 8.78 Å². The number of nitrogens with one attached hydrogen (secondary N) is 1. The van der Waals surface area contributed by atoms with Crippen LogP contribution in [0.5, 0.6) is 5.75 Å². The molecule has 1 aromatic rings. The van der Waals surface area contributed by atoms with E-state index in [4.69, 9.17) is 0 Å². The molecule has 1 aromatic carbocycles. The first-order valence-corrected chi connectivity index (χ1v) is 6.66. The maximum absolute atomic E-state index is 12.4. The molecule has 5 nitrogen and oxygen atoms in total. The van der Waals surface area contributed by atoms with Crippen LogP contribution in [0.2, 0.25) is 0 Å². The molecule has 1 atom stereocenters. The molecule has 1 N–H and O–H groups in total. The monoisotopic (exact) mass is 298 g/mol. The number of amides is 2. The van der Waals surface area contributed by atoms with Gasteiger partial charge in [0, 0.05) is 18.7 Å². The summed E-state index contributed by atoms with van der Waals surface area (Å²) in [4.78, 5) is 25.6. The van der Waals surface area contributed by atoms with E-state index >= 15 is 0 Å². The number of piperazine rings is 1. The predicted octanol–water partition coefficient (Wildman–Crippen LogP) is 1.64. The summed E-state index contributed by atoms with van der Waals surface area (Å²) in [6.45, 7) is -0.233. The van der Waals surface area contributed by atoms with E-state index in [9.17, 15) is 18.4 Å². The largest absolute Gasteiger partial charge is 0.435 e. The van der Waals surface area contributed by atoms with Crippen molar-refractivity contribution < 1.29 is 23.1 Å². The van der Waals surface area contributed by atoms with E-state index in [0.717, 1.165) is 0 Å². The third-order valence-corrected chi connectivity index (χ3v) is 3.30. The summed E-state index contributed by atoms with van der Waals surface area (Å²) in [5.74, 6) is -0.472. The van der Waals surface area contributed by atoms with Crippen molar-refractivity contribution in [1.82, 2.24) is 10.2 Å². The Morgan fingerprint density at radius 2 is 2.10 bits per heavy atom. The molecule has 7 heteroatoms. The Morgan fingerprint density at radius 1 is 1.43 bits per heavy atom. The minimum atomic E-state index is -2.90. The van der Waals surface area contributed by atoms with Gasteiger partial charge in [0.2, 0.25) is 5.91 Å². The number of nitrogens with zero attached hydrogens (tertiary/aromatic N) is 1. The van der Waals surface area contributed by atoms with E-state index in [1.54, 1.807) is 0 Å². The second-order valence-corrected chi connectivity index (χ2v) is 4.62. The van der Waals surface area contributed by atoms with Crippen LogP contribution < -0.4 is 10.1 Å². The van der Waals surface area contributed by atoms with Gasteiger partial charge in [-0.3, -0.25) is 9.59 Å². The molecule has 1 saturated heterocycles. The minimum Gasteiger partial charge on any atom is -0.435 e. The molecule has 114 valence electrons. The average molecular weight is 298 g/mol. The van der Waals surface area contributed by atoms with Crippen LogP contribution in [0.25, 0.3) is 0 Å². The average Bonchev–Trinajstić information content (AvgIpc) is 2.46. The highest BCUT2D eigenvalue weighted by molar-refractivity contribution is 5.98. The van der Waals surface area contributed by atoms with Crippen molar-refractivity contribution in [1.29, 1.82) is 0 Å². The lowest BCUT2D eigenvalue weighted by atomic mass is 10.1. The van der Waals surface area contributed by atoms with Gasteiger partial charge < -0.3 is 15.0 Å². The summed E-state index contributed by atoms with van der Waals surface area (Å²) < 4.78 is 28.4. The SMILES string of the molecule is CCC1C(=O)NCCN1C(=O)c1ccc(OC(F)F)cc1. The van der Waals surface area contributed by atoms with E-state index < -0.39 is 12.7 Å². The third kappa shape index (κ3) is 3.48. The number of ether oxygens (including phenoxy) is 1. The topological polar surface area (TPSA) is 58.6 Å². The molecular weight excluding hydrogens is 282 g/mol. The van der Waals surface area contributed by atoms with Crippen LogP contribution in [-0.4, -0.2) is 42.5 Å². The summed E-state index contributed by atoms with van der Waals surface area (Å²) >= 11 is 0. The molecule has 21 heavy (non-hydrogen) atoms. The first-order valence-electron chi connectivity index (χ1n) is 6.66. The van der Waals surface area contributed by atoms with E-state index in [2.05, 4.69) is 10.1 Å². The number of rotatable bonds is 4. The molecule has 0 saturated carbocycles. The molecule has 0 bridgehead atoms. The Balaban J connectivity index is 2.13. The molecule has 1 aliphatic heterocycles. The molecule has 0 radical (unpaired) electrons. The van der Waals surface area contributed by atoms with Crippen LogP contribution in [0.15, 0.2) is 24.3 Å². The summed E-state index contributed by atoms with van der Waals surface area (Å²) in [6, 6.07) is 4.95. The molecule has 0 spiro atoms. The van der Waals surface area contributed by atoms with Gasteiger partial charge in [-0.1, -0.05) is 6.92 Å². The molecule has 1 heterocycles. The molecule has 1 fully saturated rings. The fourth-order valence-electron chi connectivity index (χ4n) is 2.31. The lowest BCUT2D eigenvalue weighted by Crippen LogP contribution is -2.56. The fourth-order valence-corrected chi connectivity index (χ4v) is 2.31. The Labute approximate surface area is 120 Å². The Morgan fingerprint density at radius 3 is 2.67 bits per heavy atom. The normalized spacial score (nSPS) is 18.6. The van der Waals surface area contributed by atoms with Gasteiger partial charge in [0.1, 0.15) is 11.8 Å². The van der Waals surface area contributed by atoms with Crippen LogP contribution in [-0.2, 0) is 4.79 Å². The zero-order chi connectivity index (χ0) is 15.4. The molecule has 2 amide bonds. The van der Waals surface area contributed by atoms with Gasteiger partial charge in [0.05, 0.1) is 0 Å². The highest BCUT2D eigenvalue weighted by atomic mass is 19.3. The standard InChI is InChI=1S/C14H16F2N2O3/c1-2-11-12(19)17-7-8-18(11)13(20)9-3-5-10(6-4-9)21-14(15)16/h3-6,11,14H,2,7-8H2,1H3,(H,17,19). The zero-order valence-electron chi connectivity index (χ0n) is 11.5. The molecular formula is C14H16F2N2O3. The smallest absolute Gasteiger partial charge is 0.387 e. The number of halogens is 2. The quantitative estimate of drug-likeness (QED) is 0.919. The molecule has 2 rings (SSSR count). The second kappa shape index (κ2) is 6.51. The number of carbonyl (C=O) groups is 2. The first kappa shape index (κ1) is 15.2. The second-order valence-electron chi connectivity index (χ2n) is 4.62. The van der Waals surface area contributed by atoms with Crippen molar-refractivity contribution in [2.24, 2.45) is 0 Å². The molecule has 0 aromatic heterocycles. The van der Waals surface area contributed by atoms with Crippen LogP contribution in [0.1, 0.15) is 23.7 Å². The number of hydrogen-bond donors (Lipinski definition) is 1. The summed E-state index contributed by atoms with van der Waals surface area (Å²) in [7, 11) is 0. The van der Waals surface area contributed by atoms with Crippen LogP contribution in [0.3, 0.4) is 0 Å². The highest BCUT2D eigenvalue weighted by Crippen LogP contribution is 2.18. The summed E-state index contributed by atoms with van der Waals surface area (Å²) in [5, 5.41) is 2.71. The van der Waals surface area contributed by atoms with Crippen LogP contribution >= 0.6 is 0 Å². The first-order chi connectivity index (χ1) is 10.0. The summed E-state index contributed by atoms with van der Waals surface area (Å²) in [5.41, 5.74) is 0.338. The highest BCUT2D eigenvalue weighted by Gasteiger charge is 2.31. The molecule has 1 unspecified atom stereocenters. The maximum Gasteiger partial charge on any atom is 0.387 e. The number of benzene rings is 1. The molecule has 0 aliphatic carbocycles. The minimum absolute atomic E-state index is 0.00928. The van der Waals surface area contributed by atoms with E-state index in [1.807, 2.05) is 6.92 Å². The fraction of sp³-hybridized carbons (Fsp3) is 0.429.